The summed E-state index contributed by atoms with van der Waals surface area (Å²) in [6, 6.07) is 13.1. The van der Waals surface area contributed by atoms with E-state index in [2.05, 4.69) is 16.5 Å². The van der Waals surface area contributed by atoms with Crippen LogP contribution in [0.5, 0.6) is 17.2 Å². The molecule has 2 saturated heterocycles. The van der Waals surface area contributed by atoms with Gasteiger partial charge in [-0.15, -0.1) is 6.58 Å². The Morgan fingerprint density at radius 2 is 2.05 bits per heavy atom. The summed E-state index contributed by atoms with van der Waals surface area (Å²) in [6.07, 6.45) is 3.91. The molecule has 1 N–H and O–H groups in total. The highest BCUT2D eigenvalue weighted by atomic mass is 16.6. The Morgan fingerprint density at radius 3 is 2.87 bits per heavy atom. The summed E-state index contributed by atoms with van der Waals surface area (Å²) in [5.41, 5.74) is 1.73. The van der Waals surface area contributed by atoms with Crippen molar-refractivity contribution in [3.63, 3.8) is 0 Å². The molecule has 3 atom stereocenters. The quantitative estimate of drug-likeness (QED) is 0.450. The predicted molar refractivity (Wildman–Crippen MR) is 147 cm³/mol. The molecule has 0 radical (unpaired) electrons. The second kappa shape index (κ2) is 10.4. The SMILES string of the molecule is C=CCC1CN(CC(O)c2ccnc3ccc(OC)cc23)CCC12CN(c1ccc3c(c1)OCCO3)C(=O)O2. The number of hydrogen-bond acceptors (Lipinski definition) is 8. The molecule has 3 aromatic rings. The molecule has 4 heterocycles. The van der Waals surface area contributed by atoms with Crippen molar-refractivity contribution in [3.05, 3.63) is 66.9 Å². The van der Waals surface area contributed by atoms with Gasteiger partial charge in [-0.25, -0.2) is 4.79 Å². The van der Waals surface area contributed by atoms with Gasteiger partial charge < -0.3 is 24.1 Å². The van der Waals surface area contributed by atoms with Gasteiger partial charge in [0, 0.05) is 49.6 Å². The molecule has 3 aliphatic heterocycles. The van der Waals surface area contributed by atoms with Crippen LogP contribution in [0.3, 0.4) is 0 Å². The normalized spacial score (nSPS) is 23.6. The van der Waals surface area contributed by atoms with Gasteiger partial charge in [-0.3, -0.25) is 14.8 Å². The Bertz CT molecular complexity index is 1400. The van der Waals surface area contributed by atoms with Gasteiger partial charge in [-0.1, -0.05) is 6.08 Å². The number of aromatic nitrogens is 1. The molecule has 6 rings (SSSR count). The number of β-amino-alcohol motifs (C(OH)–C–C–N with tert-alkyl or cyclic N) is 1. The summed E-state index contributed by atoms with van der Waals surface area (Å²) in [5, 5.41) is 12.2. The summed E-state index contributed by atoms with van der Waals surface area (Å²) >= 11 is 0. The molecule has 9 nitrogen and oxygen atoms in total. The lowest BCUT2D eigenvalue weighted by molar-refractivity contribution is -0.0545. The number of allylic oxidation sites excluding steroid dienone is 1. The van der Waals surface area contributed by atoms with Crippen LogP contribution in [-0.2, 0) is 4.74 Å². The topological polar surface area (TPSA) is 93.6 Å². The summed E-state index contributed by atoms with van der Waals surface area (Å²) in [5.74, 6) is 2.08. The number of piperidine rings is 1. The Hall–Kier alpha value is -3.82. The number of carbonyl (C=O) groups excluding carboxylic acids is 1. The van der Waals surface area contributed by atoms with Crippen LogP contribution in [0.25, 0.3) is 10.9 Å². The number of likely N-dealkylation sites (tertiary alicyclic amines) is 1. The summed E-state index contributed by atoms with van der Waals surface area (Å²) in [7, 11) is 1.63. The first-order valence-corrected chi connectivity index (χ1v) is 13.3. The second-order valence-corrected chi connectivity index (χ2v) is 10.4. The Kier molecular flexibility index (Phi) is 6.78. The van der Waals surface area contributed by atoms with Crippen LogP contribution in [0.4, 0.5) is 10.5 Å². The number of methoxy groups -OCH3 is 1. The van der Waals surface area contributed by atoms with E-state index in [4.69, 9.17) is 18.9 Å². The fourth-order valence-corrected chi connectivity index (χ4v) is 6.02. The highest BCUT2D eigenvalue weighted by Crippen LogP contribution is 2.43. The van der Waals surface area contributed by atoms with Gasteiger partial charge in [0.1, 0.15) is 24.6 Å². The Labute approximate surface area is 227 Å². The van der Waals surface area contributed by atoms with Crippen molar-refractivity contribution < 1.29 is 28.8 Å². The number of anilines is 1. The van der Waals surface area contributed by atoms with Crippen molar-refractivity contribution in [3.8, 4) is 17.2 Å². The molecule has 1 spiro atoms. The van der Waals surface area contributed by atoms with E-state index in [0.717, 1.165) is 27.9 Å². The van der Waals surface area contributed by atoms with Gasteiger partial charge >= 0.3 is 6.09 Å². The molecule has 2 fully saturated rings. The maximum Gasteiger partial charge on any atom is 0.415 e. The zero-order valence-electron chi connectivity index (χ0n) is 22.0. The van der Waals surface area contributed by atoms with E-state index in [9.17, 15) is 9.90 Å². The molecular weight excluding hydrogens is 498 g/mol. The average molecular weight is 532 g/mol. The molecule has 1 aromatic heterocycles. The van der Waals surface area contributed by atoms with Crippen LogP contribution in [0.2, 0.25) is 0 Å². The van der Waals surface area contributed by atoms with Crippen LogP contribution in [0.1, 0.15) is 24.5 Å². The van der Waals surface area contributed by atoms with Crippen LogP contribution in [0, 0.1) is 5.92 Å². The minimum atomic E-state index is -0.707. The van der Waals surface area contributed by atoms with Crippen molar-refractivity contribution in [2.45, 2.75) is 24.5 Å². The van der Waals surface area contributed by atoms with Crippen LogP contribution < -0.4 is 19.1 Å². The number of nitrogens with zero attached hydrogens (tertiary/aromatic N) is 3. The fourth-order valence-electron chi connectivity index (χ4n) is 6.02. The zero-order valence-corrected chi connectivity index (χ0v) is 22.0. The predicted octanol–water partition coefficient (Wildman–Crippen LogP) is 4.34. The van der Waals surface area contributed by atoms with Gasteiger partial charge in [-0.2, -0.15) is 0 Å². The van der Waals surface area contributed by atoms with E-state index in [1.807, 2.05) is 48.5 Å². The van der Waals surface area contributed by atoms with Crippen molar-refractivity contribution in [1.82, 2.24) is 9.88 Å². The number of aliphatic hydroxyl groups excluding tert-OH is 1. The van der Waals surface area contributed by atoms with Crippen molar-refractivity contribution in [2.75, 3.05) is 51.4 Å². The number of rotatable bonds is 7. The number of benzene rings is 2. The van der Waals surface area contributed by atoms with Gasteiger partial charge in [0.05, 0.1) is 31.0 Å². The third-order valence-electron chi connectivity index (χ3n) is 8.07. The van der Waals surface area contributed by atoms with E-state index < -0.39 is 11.7 Å². The first-order chi connectivity index (χ1) is 19.0. The van der Waals surface area contributed by atoms with Crippen molar-refractivity contribution in [2.24, 2.45) is 5.92 Å². The minimum Gasteiger partial charge on any atom is -0.497 e. The van der Waals surface area contributed by atoms with E-state index in [1.54, 1.807) is 18.2 Å². The molecule has 9 heteroatoms. The van der Waals surface area contributed by atoms with Crippen molar-refractivity contribution in [1.29, 1.82) is 0 Å². The molecule has 0 bridgehead atoms. The molecule has 0 aliphatic carbocycles. The Morgan fingerprint density at radius 1 is 1.21 bits per heavy atom. The van der Waals surface area contributed by atoms with E-state index in [0.29, 0.717) is 63.7 Å². The molecule has 0 saturated carbocycles. The monoisotopic (exact) mass is 531 g/mol. The highest BCUT2D eigenvalue weighted by molar-refractivity contribution is 5.91. The molecule has 1 amide bonds. The largest absolute Gasteiger partial charge is 0.497 e. The Balaban J connectivity index is 1.19. The van der Waals surface area contributed by atoms with Gasteiger partial charge in [0.25, 0.3) is 0 Å². The number of fused-ring (bicyclic) bond motifs is 2. The first kappa shape index (κ1) is 25.5. The highest BCUT2D eigenvalue weighted by Gasteiger charge is 2.53. The first-order valence-electron chi connectivity index (χ1n) is 13.3. The maximum absolute atomic E-state index is 13.1. The van der Waals surface area contributed by atoms with Crippen molar-refractivity contribution >= 4 is 22.7 Å². The lowest BCUT2D eigenvalue weighted by atomic mass is 9.78. The molecule has 39 heavy (non-hydrogen) atoms. The summed E-state index contributed by atoms with van der Waals surface area (Å²) in [6.45, 7) is 7.25. The van der Waals surface area contributed by atoms with Crippen LogP contribution >= 0.6 is 0 Å². The third-order valence-corrected chi connectivity index (χ3v) is 8.07. The second-order valence-electron chi connectivity index (χ2n) is 10.4. The average Bonchev–Trinajstić information content (AvgIpc) is 3.30. The maximum atomic E-state index is 13.1. The van der Waals surface area contributed by atoms with Crippen LogP contribution in [0.15, 0.2) is 61.3 Å². The number of ether oxygens (including phenoxy) is 4. The van der Waals surface area contributed by atoms with Gasteiger partial charge in [-0.05, 0) is 48.4 Å². The molecule has 3 unspecified atom stereocenters. The minimum absolute atomic E-state index is 0.0383. The molecule has 3 aliphatic rings. The number of amides is 1. The molecule has 2 aromatic carbocycles. The molecule has 204 valence electrons. The van der Waals surface area contributed by atoms with E-state index in [-0.39, 0.29) is 12.0 Å². The lowest BCUT2D eigenvalue weighted by Gasteiger charge is -2.44. The fraction of sp³-hybridized carbons (Fsp3) is 0.400. The summed E-state index contributed by atoms with van der Waals surface area (Å²) in [4.78, 5) is 21.5. The smallest absolute Gasteiger partial charge is 0.415 e. The third kappa shape index (κ3) is 4.77. The standard InChI is InChI=1S/C30H33N3O6/c1-3-4-20-17-32(18-26(34)23-9-11-31-25-7-6-22(36-2)16-24(23)25)12-10-30(20)19-33(29(35)39-30)21-5-8-27-28(15-21)38-14-13-37-27/h3,5-9,11,15-16,20,26,34H,1,4,10,12-14,17-19H2,2H3. The van der Waals surface area contributed by atoms with E-state index >= 15 is 0 Å². The van der Waals surface area contributed by atoms with Gasteiger partial charge in [0.2, 0.25) is 0 Å². The van der Waals surface area contributed by atoms with E-state index in [1.165, 1.54) is 0 Å². The number of hydrogen-bond donors (Lipinski definition) is 1. The number of carbonyl (C=O) groups is 1. The lowest BCUT2D eigenvalue weighted by Crippen LogP contribution is -2.54. The number of pyridine rings is 1. The molecular formula is C30H33N3O6. The van der Waals surface area contributed by atoms with Gasteiger partial charge in [0.15, 0.2) is 11.5 Å². The zero-order chi connectivity index (χ0) is 27.0. The summed E-state index contributed by atoms with van der Waals surface area (Å²) < 4.78 is 22.9. The van der Waals surface area contributed by atoms with Crippen LogP contribution in [-0.4, -0.2) is 73.2 Å². The number of aliphatic hydroxyl groups is 1.